The summed E-state index contributed by atoms with van der Waals surface area (Å²) in [7, 11) is 1.45. The molecule has 0 saturated heterocycles. The van der Waals surface area contributed by atoms with Crippen LogP contribution in [-0.2, 0) is 6.42 Å². The van der Waals surface area contributed by atoms with Gasteiger partial charge in [-0.25, -0.2) is 9.78 Å². The highest BCUT2D eigenvalue weighted by atomic mass is 16.6. The minimum atomic E-state index is -0.674. The number of rotatable bonds is 8. The first-order valence-corrected chi connectivity index (χ1v) is 10.3. The Labute approximate surface area is 197 Å². The van der Waals surface area contributed by atoms with E-state index in [1.807, 2.05) is 0 Å². The number of nitrogens with zero attached hydrogens (tertiary/aromatic N) is 4. The molecule has 4 aromatic rings. The monoisotopic (exact) mass is 473 g/mol. The quantitative estimate of drug-likeness (QED) is 0.179. The molecule has 0 aliphatic carbocycles. The van der Waals surface area contributed by atoms with E-state index in [2.05, 4.69) is 21.6 Å². The summed E-state index contributed by atoms with van der Waals surface area (Å²) in [6, 6.07) is 12.6. The third kappa shape index (κ3) is 4.83. The molecular weight excluding hydrogens is 454 g/mol. The number of fused-ring (bicyclic) bond motifs is 1. The van der Waals surface area contributed by atoms with Gasteiger partial charge in [0.15, 0.2) is 11.5 Å². The van der Waals surface area contributed by atoms with Gasteiger partial charge < -0.3 is 14.5 Å². The van der Waals surface area contributed by atoms with Gasteiger partial charge in [0.1, 0.15) is 6.20 Å². The molecule has 0 atom stereocenters. The average molecular weight is 473 g/mol. The predicted molar refractivity (Wildman–Crippen MR) is 130 cm³/mol. The average Bonchev–Trinajstić information content (AvgIpc) is 2.85. The van der Waals surface area contributed by atoms with E-state index in [0.29, 0.717) is 39.9 Å². The molecule has 0 radical (unpaired) electrons. The fraction of sp³-hybridized carbons (Fsp3) is 0.0833. The van der Waals surface area contributed by atoms with Crippen LogP contribution in [0.15, 0.2) is 82.1 Å². The van der Waals surface area contributed by atoms with Gasteiger partial charge in [-0.3, -0.25) is 14.9 Å². The van der Waals surface area contributed by atoms with Crippen LogP contribution in [0.2, 0.25) is 0 Å². The Bertz CT molecular complexity index is 1570. The van der Waals surface area contributed by atoms with Crippen molar-refractivity contribution < 1.29 is 14.4 Å². The van der Waals surface area contributed by atoms with Crippen molar-refractivity contribution in [2.75, 3.05) is 7.11 Å². The summed E-state index contributed by atoms with van der Waals surface area (Å²) in [5.74, 6) is 0.798. The van der Waals surface area contributed by atoms with E-state index in [1.165, 1.54) is 25.5 Å². The second-order valence-corrected chi connectivity index (χ2v) is 7.26. The molecule has 0 fully saturated rings. The number of H-pyrrole nitrogens is 1. The molecule has 0 saturated carbocycles. The van der Waals surface area contributed by atoms with Crippen LogP contribution in [-0.4, -0.2) is 32.9 Å². The van der Waals surface area contributed by atoms with Crippen molar-refractivity contribution >= 4 is 22.8 Å². The minimum absolute atomic E-state index is 0.134. The van der Waals surface area contributed by atoms with Crippen molar-refractivity contribution in [2.45, 2.75) is 6.42 Å². The second kappa shape index (κ2) is 9.83. The maximum Gasteiger partial charge on any atom is 0.349 e. The van der Waals surface area contributed by atoms with Crippen molar-refractivity contribution in [1.29, 1.82) is 0 Å². The Balaban J connectivity index is 1.72. The van der Waals surface area contributed by atoms with Crippen molar-refractivity contribution in [3.05, 3.63) is 109 Å². The normalized spacial score (nSPS) is 11.0. The summed E-state index contributed by atoms with van der Waals surface area (Å²) < 4.78 is 12.1. The summed E-state index contributed by atoms with van der Waals surface area (Å²) in [5, 5.41) is 15.3. The topological polar surface area (TPSA) is 142 Å². The summed E-state index contributed by atoms with van der Waals surface area (Å²) >= 11 is 0. The highest BCUT2D eigenvalue weighted by molar-refractivity contribution is 5.82. The number of para-hydroxylation sites is 1. The molecule has 0 bridgehead atoms. The number of aromatic nitrogens is 3. The lowest BCUT2D eigenvalue weighted by Crippen LogP contribution is -2.32. The fourth-order valence-electron chi connectivity index (χ4n) is 3.36. The maximum absolute atomic E-state index is 12.7. The number of allylic oxidation sites excluding steroid dienone is 1. The third-order valence-electron chi connectivity index (χ3n) is 4.98. The Kier molecular flexibility index (Phi) is 6.49. The zero-order valence-corrected chi connectivity index (χ0v) is 18.5. The van der Waals surface area contributed by atoms with Gasteiger partial charge in [0.2, 0.25) is 5.88 Å². The minimum Gasteiger partial charge on any atom is -0.493 e. The fourth-order valence-corrected chi connectivity index (χ4v) is 3.36. The molecule has 11 nitrogen and oxygen atoms in total. The van der Waals surface area contributed by atoms with Gasteiger partial charge in [0, 0.05) is 17.7 Å². The SMILES string of the molecule is C=CCc1cc(C=Nn2c(=O)[nH]c3ccccc3c2=O)cc(OC)c1Oc1ccc([N+](=O)[O-])cn1. The van der Waals surface area contributed by atoms with E-state index in [-0.39, 0.29) is 11.6 Å². The molecule has 2 aromatic heterocycles. The highest BCUT2D eigenvalue weighted by Gasteiger charge is 2.15. The predicted octanol–water partition coefficient (Wildman–Crippen LogP) is 3.40. The lowest BCUT2D eigenvalue weighted by molar-refractivity contribution is -0.385. The van der Waals surface area contributed by atoms with Crippen LogP contribution in [0, 0.1) is 10.1 Å². The van der Waals surface area contributed by atoms with Crippen molar-refractivity contribution in [3.63, 3.8) is 0 Å². The smallest absolute Gasteiger partial charge is 0.349 e. The summed E-state index contributed by atoms with van der Waals surface area (Å²) in [6.45, 7) is 3.75. The van der Waals surface area contributed by atoms with E-state index in [0.717, 1.165) is 10.9 Å². The molecule has 0 aliphatic rings. The zero-order valence-electron chi connectivity index (χ0n) is 18.5. The number of benzene rings is 2. The molecule has 2 aromatic carbocycles. The largest absolute Gasteiger partial charge is 0.493 e. The van der Waals surface area contributed by atoms with Gasteiger partial charge in [0.25, 0.3) is 11.2 Å². The van der Waals surface area contributed by atoms with Gasteiger partial charge in [-0.1, -0.05) is 18.2 Å². The van der Waals surface area contributed by atoms with Gasteiger partial charge in [-0.05, 0) is 36.2 Å². The lowest BCUT2D eigenvalue weighted by atomic mass is 10.1. The molecule has 0 aliphatic heterocycles. The van der Waals surface area contributed by atoms with E-state index >= 15 is 0 Å². The molecule has 4 rings (SSSR count). The molecule has 176 valence electrons. The number of hydrogen-bond donors (Lipinski definition) is 1. The van der Waals surface area contributed by atoms with Crippen LogP contribution in [0.3, 0.4) is 0 Å². The molecular formula is C24H19N5O6. The van der Waals surface area contributed by atoms with E-state index < -0.39 is 16.2 Å². The third-order valence-corrected chi connectivity index (χ3v) is 4.98. The molecule has 0 spiro atoms. The summed E-state index contributed by atoms with van der Waals surface area (Å²) in [6.07, 6.45) is 4.49. The molecule has 0 unspecified atom stereocenters. The number of pyridine rings is 1. The molecule has 35 heavy (non-hydrogen) atoms. The zero-order chi connectivity index (χ0) is 24.9. The number of hydrogen-bond acceptors (Lipinski definition) is 8. The van der Waals surface area contributed by atoms with Crippen LogP contribution >= 0.6 is 0 Å². The number of methoxy groups -OCH3 is 1. The lowest BCUT2D eigenvalue weighted by Gasteiger charge is -2.14. The standard InChI is InChI=1S/C24H19N5O6/c1-3-6-16-11-15(13-26-28-23(30)18-7-4-5-8-19(18)27-24(28)31)12-20(34-2)22(16)35-21-10-9-17(14-25-21)29(32)33/h3-5,7-14H,1,6H2,2H3,(H,27,31). The van der Waals surface area contributed by atoms with Crippen LogP contribution in [0.25, 0.3) is 10.9 Å². The van der Waals surface area contributed by atoms with Gasteiger partial charge >= 0.3 is 5.69 Å². The Morgan fingerprint density at radius 2 is 2.03 bits per heavy atom. The van der Waals surface area contributed by atoms with Crippen LogP contribution in [0.5, 0.6) is 17.4 Å². The number of ether oxygens (including phenoxy) is 2. The first kappa shape index (κ1) is 23.1. The Morgan fingerprint density at radius 3 is 2.71 bits per heavy atom. The van der Waals surface area contributed by atoms with E-state index in [4.69, 9.17) is 9.47 Å². The van der Waals surface area contributed by atoms with Crippen LogP contribution in [0.4, 0.5) is 5.69 Å². The summed E-state index contributed by atoms with van der Waals surface area (Å²) in [5.41, 5.74) is 0.213. The first-order chi connectivity index (χ1) is 16.9. The Hall–Kier alpha value is -5.06. The molecule has 1 N–H and O–H groups in total. The van der Waals surface area contributed by atoms with Crippen LogP contribution < -0.4 is 20.7 Å². The number of nitrogens with one attached hydrogen (secondary N) is 1. The molecule has 0 amide bonds. The number of aromatic amines is 1. The van der Waals surface area contributed by atoms with Gasteiger partial charge in [-0.2, -0.15) is 5.10 Å². The van der Waals surface area contributed by atoms with E-state index in [1.54, 1.807) is 42.5 Å². The molecule has 2 heterocycles. The number of nitro groups is 1. The van der Waals surface area contributed by atoms with E-state index in [9.17, 15) is 19.7 Å². The second-order valence-electron chi connectivity index (χ2n) is 7.26. The molecule has 11 heteroatoms. The maximum atomic E-state index is 12.7. The summed E-state index contributed by atoms with van der Waals surface area (Å²) in [4.78, 5) is 42.0. The van der Waals surface area contributed by atoms with Gasteiger partial charge in [-0.15, -0.1) is 11.3 Å². The highest BCUT2D eigenvalue weighted by Crippen LogP contribution is 2.36. The van der Waals surface area contributed by atoms with Crippen molar-refractivity contribution in [3.8, 4) is 17.4 Å². The first-order valence-electron chi connectivity index (χ1n) is 10.3. The van der Waals surface area contributed by atoms with Crippen LogP contribution in [0.1, 0.15) is 11.1 Å². The van der Waals surface area contributed by atoms with Gasteiger partial charge in [0.05, 0.1) is 29.2 Å². The Morgan fingerprint density at radius 1 is 1.23 bits per heavy atom. The van der Waals surface area contributed by atoms with Crippen molar-refractivity contribution in [1.82, 2.24) is 14.6 Å². The van der Waals surface area contributed by atoms with Crippen molar-refractivity contribution in [2.24, 2.45) is 5.10 Å².